The lowest BCUT2D eigenvalue weighted by atomic mass is 9.97. The summed E-state index contributed by atoms with van der Waals surface area (Å²) >= 11 is 0. The summed E-state index contributed by atoms with van der Waals surface area (Å²) in [6, 6.07) is 15.8. The Morgan fingerprint density at radius 2 is 1.88 bits per heavy atom. The van der Waals surface area contributed by atoms with Crippen LogP contribution in [-0.2, 0) is 0 Å². The number of aliphatic hydroxyl groups is 1. The molecule has 0 saturated carbocycles. The average Bonchev–Trinajstić information content (AvgIpc) is 2.61. The van der Waals surface area contributed by atoms with Crippen molar-refractivity contribution in [3.05, 3.63) is 59.2 Å². The standard InChI is InChI=1S/C21H28N2O2/c1-15-4-6-18(7-5-15)21-14-22-13-17(3)23(21)20-9-8-19(12-16(20)2)25-11-10-24/h4-9,12,17,21-22,24H,10-11,13-14H2,1-3H3/t17-,21+/m1/s1. The highest BCUT2D eigenvalue weighted by Crippen LogP contribution is 2.35. The molecule has 4 nitrogen and oxygen atoms in total. The smallest absolute Gasteiger partial charge is 0.119 e. The predicted molar refractivity (Wildman–Crippen MR) is 102 cm³/mol. The van der Waals surface area contributed by atoms with Crippen molar-refractivity contribution in [1.82, 2.24) is 5.32 Å². The minimum Gasteiger partial charge on any atom is -0.491 e. The van der Waals surface area contributed by atoms with E-state index in [2.05, 4.69) is 67.4 Å². The summed E-state index contributed by atoms with van der Waals surface area (Å²) in [6.07, 6.45) is 0. The Hall–Kier alpha value is -2.04. The minimum absolute atomic E-state index is 0.0329. The first-order valence-electron chi connectivity index (χ1n) is 9.00. The van der Waals surface area contributed by atoms with Crippen molar-refractivity contribution in [2.75, 3.05) is 31.2 Å². The molecule has 2 atom stereocenters. The van der Waals surface area contributed by atoms with Crippen LogP contribution < -0.4 is 15.0 Å². The topological polar surface area (TPSA) is 44.7 Å². The predicted octanol–water partition coefficient (Wildman–Crippen LogP) is 3.21. The van der Waals surface area contributed by atoms with E-state index in [1.165, 1.54) is 22.4 Å². The van der Waals surface area contributed by atoms with E-state index in [0.717, 1.165) is 18.8 Å². The van der Waals surface area contributed by atoms with Gasteiger partial charge in [-0.05, 0) is 50.1 Å². The molecule has 134 valence electrons. The Morgan fingerprint density at radius 1 is 1.12 bits per heavy atom. The Morgan fingerprint density at radius 3 is 2.56 bits per heavy atom. The summed E-state index contributed by atoms with van der Waals surface area (Å²) in [5.74, 6) is 0.810. The van der Waals surface area contributed by atoms with E-state index in [9.17, 15) is 0 Å². The Bertz CT molecular complexity index is 700. The van der Waals surface area contributed by atoms with Gasteiger partial charge < -0.3 is 20.1 Å². The van der Waals surface area contributed by atoms with E-state index in [-0.39, 0.29) is 6.61 Å². The van der Waals surface area contributed by atoms with Gasteiger partial charge in [-0.3, -0.25) is 0 Å². The van der Waals surface area contributed by atoms with E-state index in [1.807, 2.05) is 6.07 Å². The molecule has 0 aromatic heterocycles. The van der Waals surface area contributed by atoms with Gasteiger partial charge in [0, 0.05) is 24.8 Å². The van der Waals surface area contributed by atoms with Crippen LogP contribution in [0, 0.1) is 13.8 Å². The van der Waals surface area contributed by atoms with Crippen molar-refractivity contribution >= 4 is 5.69 Å². The zero-order valence-corrected chi connectivity index (χ0v) is 15.3. The summed E-state index contributed by atoms with van der Waals surface area (Å²) in [5.41, 5.74) is 5.07. The number of piperazine rings is 1. The van der Waals surface area contributed by atoms with Gasteiger partial charge in [0.15, 0.2) is 0 Å². The number of aliphatic hydroxyl groups excluding tert-OH is 1. The van der Waals surface area contributed by atoms with E-state index < -0.39 is 0 Å². The van der Waals surface area contributed by atoms with Crippen molar-refractivity contribution < 1.29 is 9.84 Å². The fourth-order valence-corrected chi connectivity index (χ4v) is 3.58. The van der Waals surface area contributed by atoms with Crippen LogP contribution in [-0.4, -0.2) is 37.5 Å². The van der Waals surface area contributed by atoms with Gasteiger partial charge in [-0.2, -0.15) is 0 Å². The second kappa shape index (κ2) is 7.89. The summed E-state index contributed by atoms with van der Waals surface area (Å²) in [7, 11) is 0. The number of benzene rings is 2. The van der Waals surface area contributed by atoms with Crippen LogP contribution >= 0.6 is 0 Å². The van der Waals surface area contributed by atoms with Crippen LogP contribution in [0.4, 0.5) is 5.69 Å². The second-order valence-corrected chi connectivity index (χ2v) is 6.86. The van der Waals surface area contributed by atoms with Crippen LogP contribution in [0.2, 0.25) is 0 Å². The summed E-state index contributed by atoms with van der Waals surface area (Å²) in [6.45, 7) is 8.80. The molecule has 25 heavy (non-hydrogen) atoms. The number of anilines is 1. The van der Waals surface area contributed by atoms with Gasteiger partial charge in [0.25, 0.3) is 0 Å². The average molecular weight is 340 g/mol. The number of aryl methyl sites for hydroxylation is 2. The molecule has 0 amide bonds. The zero-order chi connectivity index (χ0) is 17.8. The van der Waals surface area contributed by atoms with Gasteiger partial charge in [0.2, 0.25) is 0 Å². The first-order chi connectivity index (χ1) is 12.1. The molecule has 2 N–H and O–H groups in total. The van der Waals surface area contributed by atoms with Crippen LogP contribution in [0.3, 0.4) is 0 Å². The first kappa shape index (κ1) is 17.8. The molecule has 2 aromatic rings. The van der Waals surface area contributed by atoms with Gasteiger partial charge in [-0.15, -0.1) is 0 Å². The van der Waals surface area contributed by atoms with Gasteiger partial charge in [0.05, 0.1) is 12.6 Å². The fourth-order valence-electron chi connectivity index (χ4n) is 3.58. The molecule has 1 saturated heterocycles. The van der Waals surface area contributed by atoms with E-state index in [0.29, 0.717) is 18.7 Å². The lowest BCUT2D eigenvalue weighted by Gasteiger charge is -2.44. The molecule has 1 fully saturated rings. The highest BCUT2D eigenvalue weighted by molar-refractivity contribution is 5.58. The number of hydrogen-bond donors (Lipinski definition) is 2. The highest BCUT2D eigenvalue weighted by atomic mass is 16.5. The van der Waals surface area contributed by atoms with Crippen LogP contribution in [0.5, 0.6) is 5.75 Å². The molecule has 4 heteroatoms. The van der Waals surface area contributed by atoms with Gasteiger partial charge in [0.1, 0.15) is 12.4 Å². The van der Waals surface area contributed by atoms with Gasteiger partial charge >= 0.3 is 0 Å². The molecule has 1 aliphatic heterocycles. The van der Waals surface area contributed by atoms with E-state index >= 15 is 0 Å². The molecule has 0 unspecified atom stereocenters. The van der Waals surface area contributed by atoms with Crippen LogP contribution in [0.25, 0.3) is 0 Å². The maximum absolute atomic E-state index is 8.93. The lowest BCUT2D eigenvalue weighted by Crippen LogP contribution is -2.52. The van der Waals surface area contributed by atoms with Crippen molar-refractivity contribution in [1.29, 1.82) is 0 Å². The molecule has 0 radical (unpaired) electrons. The van der Waals surface area contributed by atoms with Crippen molar-refractivity contribution in [2.45, 2.75) is 32.9 Å². The van der Waals surface area contributed by atoms with Crippen LogP contribution in [0.15, 0.2) is 42.5 Å². The SMILES string of the molecule is Cc1ccc([C@@H]2CNC[C@@H](C)N2c2ccc(OCCO)cc2C)cc1. The first-order valence-corrected chi connectivity index (χ1v) is 9.00. The monoisotopic (exact) mass is 340 g/mol. The number of rotatable bonds is 5. The number of hydrogen-bond acceptors (Lipinski definition) is 4. The Kier molecular flexibility index (Phi) is 5.61. The normalized spacial score (nSPS) is 20.6. The Labute approximate surface area is 150 Å². The molecule has 0 spiro atoms. The summed E-state index contributed by atoms with van der Waals surface area (Å²) in [4.78, 5) is 2.52. The molecule has 0 aliphatic carbocycles. The molecule has 1 heterocycles. The lowest BCUT2D eigenvalue weighted by molar-refractivity contribution is 0.201. The molecule has 0 bridgehead atoms. The Balaban J connectivity index is 1.92. The molecule has 1 aliphatic rings. The number of nitrogens with zero attached hydrogens (tertiary/aromatic N) is 1. The highest BCUT2D eigenvalue weighted by Gasteiger charge is 2.30. The third kappa shape index (κ3) is 3.97. The largest absolute Gasteiger partial charge is 0.491 e. The summed E-state index contributed by atoms with van der Waals surface area (Å²) < 4.78 is 5.55. The van der Waals surface area contributed by atoms with Crippen molar-refractivity contribution in [2.24, 2.45) is 0 Å². The fraction of sp³-hybridized carbons (Fsp3) is 0.429. The molecule has 3 rings (SSSR count). The third-order valence-electron chi connectivity index (χ3n) is 4.86. The van der Waals surface area contributed by atoms with Gasteiger partial charge in [-0.1, -0.05) is 29.8 Å². The minimum atomic E-state index is 0.0329. The maximum atomic E-state index is 8.93. The quantitative estimate of drug-likeness (QED) is 0.877. The zero-order valence-electron chi connectivity index (χ0n) is 15.3. The van der Waals surface area contributed by atoms with Gasteiger partial charge in [-0.25, -0.2) is 0 Å². The maximum Gasteiger partial charge on any atom is 0.119 e. The molecular weight excluding hydrogens is 312 g/mol. The number of ether oxygens (including phenoxy) is 1. The third-order valence-corrected chi connectivity index (χ3v) is 4.86. The van der Waals surface area contributed by atoms with Crippen LogP contribution in [0.1, 0.15) is 29.7 Å². The molecular formula is C21H28N2O2. The van der Waals surface area contributed by atoms with E-state index in [4.69, 9.17) is 9.84 Å². The second-order valence-electron chi connectivity index (χ2n) is 6.86. The van der Waals surface area contributed by atoms with Crippen molar-refractivity contribution in [3.8, 4) is 5.75 Å². The van der Waals surface area contributed by atoms with E-state index in [1.54, 1.807) is 0 Å². The number of nitrogens with one attached hydrogen (secondary N) is 1. The molecule has 2 aromatic carbocycles. The summed E-state index contributed by atoms with van der Waals surface area (Å²) in [5, 5.41) is 12.5. The van der Waals surface area contributed by atoms with Crippen molar-refractivity contribution in [3.63, 3.8) is 0 Å².